The molecule has 2 aromatic heterocycles. The second kappa shape index (κ2) is 7.03. The van der Waals surface area contributed by atoms with Gasteiger partial charge in [0.15, 0.2) is 0 Å². The van der Waals surface area contributed by atoms with Gasteiger partial charge >= 0.3 is 0 Å². The molecular weight excluding hydrogens is 366 g/mol. The van der Waals surface area contributed by atoms with Crippen molar-refractivity contribution >= 4 is 27.5 Å². The van der Waals surface area contributed by atoms with Gasteiger partial charge in [0.25, 0.3) is 5.56 Å². The minimum atomic E-state index is -0.271. The van der Waals surface area contributed by atoms with Gasteiger partial charge in [-0.3, -0.25) is 9.59 Å². The summed E-state index contributed by atoms with van der Waals surface area (Å²) in [6, 6.07) is 7.44. The fourth-order valence-corrected chi connectivity index (χ4v) is 3.97. The molecule has 3 aromatic rings. The Balaban J connectivity index is 1.47. The zero-order valence-corrected chi connectivity index (χ0v) is 15.8. The van der Waals surface area contributed by atoms with Crippen LogP contribution in [-0.4, -0.2) is 41.5 Å². The van der Waals surface area contributed by atoms with Crippen molar-refractivity contribution in [3.63, 3.8) is 0 Å². The maximum atomic E-state index is 12.8. The number of H-pyrrole nitrogens is 1. The molecule has 4 rings (SSSR count). The first-order valence-corrected chi connectivity index (χ1v) is 9.44. The van der Waals surface area contributed by atoms with Gasteiger partial charge in [0.2, 0.25) is 5.91 Å². The number of aromatic nitrogens is 2. The number of carbonyl (C=O) groups is 1. The molecule has 3 heterocycles. The zero-order chi connectivity index (χ0) is 19.0. The molecule has 0 bridgehead atoms. The maximum Gasteiger partial charge on any atom is 0.268 e. The van der Waals surface area contributed by atoms with Crippen molar-refractivity contribution in [2.75, 3.05) is 20.8 Å². The summed E-state index contributed by atoms with van der Waals surface area (Å²) in [5.74, 6) is 1.66. The lowest BCUT2D eigenvalue weighted by Crippen LogP contribution is -2.38. The highest BCUT2D eigenvalue weighted by atomic mass is 32.1. The fourth-order valence-electron chi connectivity index (χ4n) is 3.25. The predicted octanol–water partition coefficient (Wildman–Crippen LogP) is 2.20. The molecule has 1 aliphatic heterocycles. The summed E-state index contributed by atoms with van der Waals surface area (Å²) in [7, 11) is 3.32. The van der Waals surface area contributed by atoms with E-state index in [-0.39, 0.29) is 23.9 Å². The number of amides is 1. The third-order valence-electron chi connectivity index (χ3n) is 4.66. The Hall–Kier alpha value is -2.87. The molecule has 140 valence electrons. The number of hydrogen-bond acceptors (Lipinski definition) is 6. The largest absolute Gasteiger partial charge is 0.497 e. The van der Waals surface area contributed by atoms with Gasteiger partial charge in [0.1, 0.15) is 28.6 Å². The maximum absolute atomic E-state index is 12.8. The lowest BCUT2D eigenvalue weighted by molar-refractivity contribution is -0.136. The van der Waals surface area contributed by atoms with Crippen LogP contribution in [0.25, 0.3) is 10.2 Å². The monoisotopic (exact) mass is 385 g/mol. The van der Waals surface area contributed by atoms with Gasteiger partial charge in [0.05, 0.1) is 25.1 Å². The zero-order valence-electron chi connectivity index (χ0n) is 15.0. The molecule has 27 heavy (non-hydrogen) atoms. The predicted molar refractivity (Wildman–Crippen MR) is 102 cm³/mol. The fraction of sp³-hybridized carbons (Fsp3) is 0.316. The highest BCUT2D eigenvalue weighted by Crippen LogP contribution is 2.31. The number of methoxy groups -OCH3 is 1. The molecule has 0 saturated heterocycles. The second-order valence-corrected chi connectivity index (χ2v) is 7.44. The van der Waals surface area contributed by atoms with Crippen LogP contribution in [0.3, 0.4) is 0 Å². The van der Waals surface area contributed by atoms with E-state index in [4.69, 9.17) is 9.47 Å². The molecule has 8 heteroatoms. The van der Waals surface area contributed by atoms with E-state index in [1.54, 1.807) is 25.1 Å². The topological polar surface area (TPSA) is 84.5 Å². The quantitative estimate of drug-likeness (QED) is 0.744. The number of nitrogens with one attached hydrogen (secondary N) is 1. The van der Waals surface area contributed by atoms with Crippen molar-refractivity contribution in [3.05, 3.63) is 51.4 Å². The number of thiophene rings is 1. The number of ether oxygens (including phenoxy) is 2. The first-order chi connectivity index (χ1) is 13.0. The van der Waals surface area contributed by atoms with Crippen LogP contribution in [0.5, 0.6) is 11.5 Å². The molecule has 0 fully saturated rings. The minimum Gasteiger partial charge on any atom is -0.497 e. The number of nitrogens with zero attached hydrogens (tertiary/aromatic N) is 2. The molecular formula is C19H19N3O4S. The molecule has 1 aromatic carbocycles. The molecule has 0 radical (unpaired) electrons. The van der Waals surface area contributed by atoms with Gasteiger partial charge in [0, 0.05) is 13.1 Å². The first kappa shape index (κ1) is 17.5. The van der Waals surface area contributed by atoms with E-state index < -0.39 is 0 Å². The van der Waals surface area contributed by atoms with Crippen LogP contribution in [0.15, 0.2) is 34.4 Å². The van der Waals surface area contributed by atoms with E-state index in [1.165, 1.54) is 11.3 Å². The normalized spacial score (nSPS) is 15.9. The van der Waals surface area contributed by atoms with Gasteiger partial charge in [-0.25, -0.2) is 4.98 Å². The summed E-state index contributed by atoms with van der Waals surface area (Å²) in [6.45, 7) is 0.558. The van der Waals surface area contributed by atoms with Crippen LogP contribution in [0.1, 0.15) is 11.4 Å². The van der Waals surface area contributed by atoms with Crippen LogP contribution in [0, 0.1) is 5.92 Å². The van der Waals surface area contributed by atoms with E-state index >= 15 is 0 Å². The van der Waals surface area contributed by atoms with Crippen molar-refractivity contribution < 1.29 is 14.3 Å². The van der Waals surface area contributed by atoms with Crippen molar-refractivity contribution in [2.24, 2.45) is 5.92 Å². The lowest BCUT2D eigenvalue weighted by atomic mass is 9.95. The van der Waals surface area contributed by atoms with E-state index in [0.717, 1.165) is 17.1 Å². The average Bonchev–Trinajstić information content (AvgIpc) is 3.15. The average molecular weight is 385 g/mol. The number of hydrogen-bond donors (Lipinski definition) is 1. The molecule has 1 N–H and O–H groups in total. The van der Waals surface area contributed by atoms with E-state index in [0.29, 0.717) is 29.1 Å². The third-order valence-corrected chi connectivity index (χ3v) is 5.56. The number of benzene rings is 1. The van der Waals surface area contributed by atoms with Crippen molar-refractivity contribution in [3.8, 4) is 11.5 Å². The molecule has 1 atom stereocenters. The molecule has 7 nitrogen and oxygen atoms in total. The highest BCUT2D eigenvalue weighted by Gasteiger charge is 2.29. The number of rotatable bonds is 4. The van der Waals surface area contributed by atoms with Gasteiger partial charge in [-0.15, -0.1) is 11.3 Å². The standard InChI is InChI=1S/C19H19N3O4S/c1-22(9-16-20-14-5-6-27-17(14)18(23)21-16)19(24)12-7-11-3-4-13(25-2)8-15(11)26-10-12/h3-6,8,12H,7,9-10H2,1-2H3,(H,20,21,23)/t12-/m1/s1. The smallest absolute Gasteiger partial charge is 0.268 e. The Labute approximate surface area is 159 Å². The summed E-state index contributed by atoms with van der Waals surface area (Å²) in [6.07, 6.45) is 0.607. The van der Waals surface area contributed by atoms with Crippen molar-refractivity contribution in [1.29, 1.82) is 0 Å². The summed E-state index contributed by atoms with van der Waals surface area (Å²) < 4.78 is 11.6. The highest BCUT2D eigenvalue weighted by molar-refractivity contribution is 7.17. The molecule has 0 aliphatic carbocycles. The Morgan fingerprint density at radius 1 is 1.44 bits per heavy atom. The Morgan fingerprint density at radius 3 is 3.11 bits per heavy atom. The van der Waals surface area contributed by atoms with Crippen LogP contribution in [0.2, 0.25) is 0 Å². The van der Waals surface area contributed by atoms with Gasteiger partial charge in [-0.2, -0.15) is 0 Å². The molecule has 1 aliphatic rings. The molecule has 0 spiro atoms. The summed E-state index contributed by atoms with van der Waals surface area (Å²) in [5.41, 5.74) is 1.47. The number of carbonyl (C=O) groups excluding carboxylic acids is 1. The van der Waals surface area contributed by atoms with E-state index in [1.807, 2.05) is 23.6 Å². The van der Waals surface area contributed by atoms with Crippen LogP contribution in [0.4, 0.5) is 0 Å². The van der Waals surface area contributed by atoms with Gasteiger partial charge in [-0.05, 0) is 29.5 Å². The second-order valence-electron chi connectivity index (χ2n) is 6.53. The molecule has 1 amide bonds. The van der Waals surface area contributed by atoms with Crippen LogP contribution >= 0.6 is 11.3 Å². The number of aromatic amines is 1. The summed E-state index contributed by atoms with van der Waals surface area (Å²) in [5, 5.41) is 1.83. The van der Waals surface area contributed by atoms with E-state index in [2.05, 4.69) is 9.97 Å². The van der Waals surface area contributed by atoms with Gasteiger partial charge in [-0.1, -0.05) is 6.07 Å². The van der Waals surface area contributed by atoms with E-state index in [9.17, 15) is 9.59 Å². The molecule has 0 saturated carbocycles. The summed E-state index contributed by atoms with van der Waals surface area (Å²) in [4.78, 5) is 33.7. The SMILES string of the molecule is COc1ccc2c(c1)OC[C@H](C(=O)N(C)Cc1nc3ccsc3c(=O)[nH]1)C2. The molecule has 0 unspecified atom stereocenters. The lowest BCUT2D eigenvalue weighted by Gasteiger charge is -2.28. The Morgan fingerprint density at radius 2 is 2.30 bits per heavy atom. The van der Waals surface area contributed by atoms with Crippen molar-refractivity contribution in [1.82, 2.24) is 14.9 Å². The summed E-state index contributed by atoms with van der Waals surface area (Å²) >= 11 is 1.35. The Kier molecular flexibility index (Phi) is 4.57. The van der Waals surface area contributed by atoms with Crippen LogP contribution < -0.4 is 15.0 Å². The van der Waals surface area contributed by atoms with Crippen molar-refractivity contribution in [2.45, 2.75) is 13.0 Å². The minimum absolute atomic E-state index is 0.0375. The third kappa shape index (κ3) is 3.40. The number of fused-ring (bicyclic) bond motifs is 2. The van der Waals surface area contributed by atoms with Crippen LogP contribution in [-0.2, 0) is 17.8 Å². The van der Waals surface area contributed by atoms with Gasteiger partial charge < -0.3 is 19.4 Å². The first-order valence-electron chi connectivity index (χ1n) is 8.56. The Bertz CT molecular complexity index is 1060.